The number of anilines is 2. The van der Waals surface area contributed by atoms with E-state index in [0.717, 1.165) is 43.9 Å². The van der Waals surface area contributed by atoms with Gasteiger partial charge in [-0.15, -0.1) is 0 Å². The van der Waals surface area contributed by atoms with E-state index in [4.69, 9.17) is 33.9 Å². The molecule has 37 heavy (non-hydrogen) atoms. The third kappa shape index (κ3) is 6.26. The van der Waals surface area contributed by atoms with Gasteiger partial charge in [-0.2, -0.15) is 0 Å². The van der Waals surface area contributed by atoms with Gasteiger partial charge < -0.3 is 16.4 Å². The van der Waals surface area contributed by atoms with Crippen LogP contribution in [0.4, 0.5) is 17.1 Å². The molecule has 1 fully saturated rings. The summed E-state index contributed by atoms with van der Waals surface area (Å²) in [5, 5.41) is 16.9. The topological polar surface area (TPSA) is 140 Å². The molecule has 2 aliphatic rings. The van der Waals surface area contributed by atoms with Crippen molar-refractivity contribution in [2.75, 3.05) is 10.6 Å². The second kappa shape index (κ2) is 11.5. The van der Waals surface area contributed by atoms with E-state index in [1.807, 2.05) is 0 Å². The first-order valence-corrected chi connectivity index (χ1v) is 13.3. The van der Waals surface area contributed by atoms with Gasteiger partial charge in [0.15, 0.2) is 0 Å². The van der Waals surface area contributed by atoms with Gasteiger partial charge in [-0.25, -0.2) is 0 Å². The fourth-order valence-corrected chi connectivity index (χ4v) is 5.88. The highest BCUT2D eigenvalue weighted by Gasteiger charge is 2.39. The first-order valence-electron chi connectivity index (χ1n) is 11.7. The number of thioether (sulfide) groups is 1. The summed E-state index contributed by atoms with van der Waals surface area (Å²) in [6.45, 7) is 1.72. The Morgan fingerprint density at radius 3 is 2.46 bits per heavy atom. The van der Waals surface area contributed by atoms with Gasteiger partial charge in [0.1, 0.15) is 16.0 Å². The Balaban J connectivity index is 1.65. The number of rotatable bonds is 6. The van der Waals surface area contributed by atoms with Crippen LogP contribution in [0.1, 0.15) is 37.7 Å². The minimum Gasteiger partial charge on any atom is -0.400 e. The quantitative estimate of drug-likeness (QED) is 0.298. The van der Waals surface area contributed by atoms with Gasteiger partial charge in [-0.3, -0.25) is 24.7 Å². The fourth-order valence-electron chi connectivity index (χ4n) is 4.25. The Morgan fingerprint density at radius 2 is 1.78 bits per heavy atom. The van der Waals surface area contributed by atoms with E-state index in [1.54, 1.807) is 25.1 Å². The van der Waals surface area contributed by atoms with E-state index >= 15 is 0 Å². The molecule has 2 amide bonds. The van der Waals surface area contributed by atoms with Crippen LogP contribution in [-0.2, 0) is 9.59 Å². The van der Waals surface area contributed by atoms with E-state index < -0.39 is 22.0 Å². The van der Waals surface area contributed by atoms with Crippen molar-refractivity contribution in [3.63, 3.8) is 0 Å². The molecule has 4 N–H and O–H groups in total. The first-order chi connectivity index (χ1) is 17.6. The summed E-state index contributed by atoms with van der Waals surface area (Å²) in [5.41, 5.74) is 7.33. The van der Waals surface area contributed by atoms with Gasteiger partial charge in [0.2, 0.25) is 5.91 Å². The second-order valence-corrected chi connectivity index (χ2v) is 10.8. The van der Waals surface area contributed by atoms with Crippen LogP contribution in [0.25, 0.3) is 0 Å². The number of hydrogen-bond acceptors (Lipinski definition) is 7. The highest BCUT2D eigenvalue weighted by Crippen LogP contribution is 2.37. The number of benzene rings is 2. The number of halogens is 2. The van der Waals surface area contributed by atoms with Crippen molar-refractivity contribution in [3.8, 4) is 0 Å². The SMILES string of the molecule is Cc1ccc(NC(=O)[C@@H]2SC(=NC3CCCCC3)C(C(=O)Nc3ccc(Cl)cc3Cl)=C2N)c([N+](=O)[O-])c1. The molecule has 0 saturated heterocycles. The summed E-state index contributed by atoms with van der Waals surface area (Å²) >= 11 is 13.3. The number of nitrogens with two attached hydrogens (primary N) is 1. The van der Waals surface area contributed by atoms with Crippen LogP contribution >= 0.6 is 35.0 Å². The van der Waals surface area contributed by atoms with Crippen molar-refractivity contribution in [2.45, 2.75) is 50.3 Å². The summed E-state index contributed by atoms with van der Waals surface area (Å²) in [7, 11) is 0. The maximum atomic E-state index is 13.4. The lowest BCUT2D eigenvalue weighted by Gasteiger charge is -2.19. The van der Waals surface area contributed by atoms with Crippen LogP contribution in [0.15, 0.2) is 52.7 Å². The molecule has 1 atom stereocenters. The molecule has 0 aromatic heterocycles. The molecule has 1 saturated carbocycles. The van der Waals surface area contributed by atoms with Gasteiger partial charge >= 0.3 is 0 Å². The van der Waals surface area contributed by atoms with Gasteiger partial charge in [-0.05, 0) is 49.6 Å². The molecule has 0 spiro atoms. The van der Waals surface area contributed by atoms with Crippen LogP contribution in [-0.4, -0.2) is 33.1 Å². The van der Waals surface area contributed by atoms with Crippen molar-refractivity contribution in [1.82, 2.24) is 0 Å². The van der Waals surface area contributed by atoms with Crippen LogP contribution in [0.3, 0.4) is 0 Å². The van der Waals surface area contributed by atoms with Crippen LogP contribution in [0.2, 0.25) is 10.0 Å². The van der Waals surface area contributed by atoms with Gasteiger partial charge in [0.05, 0.1) is 27.2 Å². The minimum absolute atomic E-state index is 0.0194. The van der Waals surface area contributed by atoms with Gasteiger partial charge in [-0.1, -0.05) is 60.3 Å². The van der Waals surface area contributed by atoms with Crippen molar-refractivity contribution in [2.24, 2.45) is 10.7 Å². The summed E-state index contributed by atoms with van der Waals surface area (Å²) in [5.74, 6) is -1.14. The number of hydrogen-bond donors (Lipinski definition) is 3. The maximum Gasteiger partial charge on any atom is 0.293 e. The van der Waals surface area contributed by atoms with E-state index in [2.05, 4.69) is 10.6 Å². The third-order valence-electron chi connectivity index (χ3n) is 6.14. The van der Waals surface area contributed by atoms with Crippen LogP contribution in [0, 0.1) is 17.0 Å². The second-order valence-electron chi connectivity index (χ2n) is 8.90. The van der Waals surface area contributed by atoms with E-state index in [1.165, 1.54) is 18.2 Å². The molecule has 1 heterocycles. The summed E-state index contributed by atoms with van der Waals surface area (Å²) < 4.78 is 0. The number of carbonyl (C=O) groups is 2. The Labute approximate surface area is 228 Å². The minimum atomic E-state index is -0.996. The Bertz CT molecular complexity index is 1320. The van der Waals surface area contributed by atoms with E-state index in [-0.39, 0.29) is 33.7 Å². The van der Waals surface area contributed by atoms with Gasteiger partial charge in [0.25, 0.3) is 11.6 Å². The van der Waals surface area contributed by atoms with Gasteiger partial charge in [0, 0.05) is 16.8 Å². The highest BCUT2D eigenvalue weighted by molar-refractivity contribution is 8.16. The number of nitrogens with zero attached hydrogens (tertiary/aromatic N) is 2. The summed E-state index contributed by atoms with van der Waals surface area (Å²) in [4.78, 5) is 42.4. The van der Waals surface area contributed by atoms with Crippen molar-refractivity contribution >= 4 is 68.9 Å². The predicted molar refractivity (Wildman–Crippen MR) is 148 cm³/mol. The average Bonchev–Trinajstić information content (AvgIpc) is 3.18. The molecule has 9 nitrogen and oxygen atoms in total. The van der Waals surface area contributed by atoms with Crippen LogP contribution < -0.4 is 16.4 Å². The number of nitrogens with one attached hydrogen (secondary N) is 2. The summed E-state index contributed by atoms with van der Waals surface area (Å²) in [6, 6.07) is 9.19. The van der Waals surface area contributed by atoms with Crippen molar-refractivity contribution in [1.29, 1.82) is 0 Å². The summed E-state index contributed by atoms with van der Waals surface area (Å²) in [6.07, 6.45) is 4.97. The molecule has 12 heteroatoms. The average molecular weight is 562 g/mol. The Kier molecular flexibility index (Phi) is 8.41. The maximum absolute atomic E-state index is 13.4. The normalized spacial score (nSPS) is 19.2. The van der Waals surface area contributed by atoms with Crippen LogP contribution in [0.5, 0.6) is 0 Å². The zero-order valence-electron chi connectivity index (χ0n) is 19.9. The molecular formula is C25H25Cl2N5O4S. The lowest BCUT2D eigenvalue weighted by molar-refractivity contribution is -0.384. The molecule has 1 aliphatic carbocycles. The molecule has 0 unspecified atom stereocenters. The lowest BCUT2D eigenvalue weighted by atomic mass is 9.96. The largest absolute Gasteiger partial charge is 0.400 e. The van der Waals surface area contributed by atoms with Crippen molar-refractivity contribution in [3.05, 3.63) is 73.4 Å². The zero-order valence-corrected chi connectivity index (χ0v) is 22.3. The van der Waals surface area contributed by atoms with Crippen molar-refractivity contribution < 1.29 is 14.5 Å². The lowest BCUT2D eigenvalue weighted by Crippen LogP contribution is -2.29. The van der Waals surface area contributed by atoms with E-state index in [0.29, 0.717) is 21.3 Å². The smallest absolute Gasteiger partial charge is 0.293 e. The molecule has 194 valence electrons. The Hall–Kier alpha value is -3.08. The molecule has 0 bridgehead atoms. The molecule has 4 rings (SSSR count). The number of nitro groups is 1. The van der Waals surface area contributed by atoms with E-state index in [9.17, 15) is 19.7 Å². The number of nitro benzene ring substituents is 1. The molecule has 0 radical (unpaired) electrons. The molecule has 2 aromatic rings. The number of aryl methyl sites for hydroxylation is 1. The molecule has 2 aromatic carbocycles. The fraction of sp³-hybridized carbons (Fsp3) is 0.320. The molecule has 1 aliphatic heterocycles. The number of amides is 2. The zero-order chi connectivity index (χ0) is 26.7. The highest BCUT2D eigenvalue weighted by atomic mass is 35.5. The number of carbonyl (C=O) groups excluding carboxylic acids is 2. The number of aliphatic imine (C=N–C) groups is 1. The Morgan fingerprint density at radius 1 is 1.08 bits per heavy atom. The monoisotopic (exact) mass is 561 g/mol. The molecular weight excluding hydrogens is 537 g/mol. The third-order valence-corrected chi connectivity index (χ3v) is 7.93. The first kappa shape index (κ1) is 27.0. The standard InChI is InChI=1S/C25H25Cl2N5O4S/c1-13-7-9-18(19(11-13)32(35)36)31-24(34)22-21(28)20(25(37-22)29-15-5-3-2-4-6-15)23(33)30-17-10-8-14(26)12-16(17)27/h7-12,15,22H,2-6,28H2,1H3,(H,30,33)(H,31,34)/t22-/m1/s1. The predicted octanol–water partition coefficient (Wildman–Crippen LogP) is 5.85.